The van der Waals surface area contributed by atoms with Crippen LogP contribution in [0.5, 0.6) is 0 Å². The fourth-order valence-corrected chi connectivity index (χ4v) is 6.43. The van der Waals surface area contributed by atoms with Crippen LogP contribution in [0.3, 0.4) is 0 Å². The maximum absolute atomic E-state index is 15.5. The summed E-state index contributed by atoms with van der Waals surface area (Å²) in [5.41, 5.74) is 6.56. The van der Waals surface area contributed by atoms with Crippen LogP contribution in [0, 0.1) is 12.7 Å². The Hall–Kier alpha value is -2.22. The van der Waals surface area contributed by atoms with E-state index in [4.69, 9.17) is 0 Å². The van der Waals surface area contributed by atoms with E-state index in [9.17, 15) is 0 Å². The molecular formula is C27H31FN+. The summed E-state index contributed by atoms with van der Waals surface area (Å²) in [7, 11) is 0. The van der Waals surface area contributed by atoms with E-state index in [2.05, 4.69) is 83.5 Å². The minimum absolute atomic E-state index is 0.0672. The second-order valence-electron chi connectivity index (χ2n) is 10.0. The minimum Gasteiger partial charge on any atom is -0.207 e. The Kier molecular flexibility index (Phi) is 3.55. The lowest BCUT2D eigenvalue weighted by Crippen LogP contribution is -2.68. The summed E-state index contributed by atoms with van der Waals surface area (Å²) in [6.07, 6.45) is 4.31. The highest BCUT2D eigenvalue weighted by Crippen LogP contribution is 2.57. The fourth-order valence-electron chi connectivity index (χ4n) is 6.43. The van der Waals surface area contributed by atoms with Gasteiger partial charge in [-0.2, -0.15) is 4.57 Å². The third-order valence-electron chi connectivity index (χ3n) is 8.73. The van der Waals surface area contributed by atoms with Crippen molar-refractivity contribution in [2.45, 2.75) is 77.7 Å². The van der Waals surface area contributed by atoms with E-state index in [0.29, 0.717) is 0 Å². The van der Waals surface area contributed by atoms with Crippen LogP contribution in [-0.2, 0) is 16.4 Å². The zero-order valence-electron chi connectivity index (χ0n) is 18.7. The second kappa shape index (κ2) is 5.47. The van der Waals surface area contributed by atoms with Crippen molar-refractivity contribution >= 4 is 10.8 Å². The van der Waals surface area contributed by atoms with Gasteiger partial charge in [0.15, 0.2) is 11.7 Å². The molecule has 2 aromatic carbocycles. The lowest BCUT2D eigenvalue weighted by atomic mass is 9.57. The van der Waals surface area contributed by atoms with Crippen LogP contribution in [0.1, 0.15) is 76.6 Å². The van der Waals surface area contributed by atoms with Crippen molar-refractivity contribution in [1.82, 2.24) is 0 Å². The molecule has 3 aromatic rings. The van der Waals surface area contributed by atoms with E-state index < -0.39 is 0 Å². The van der Waals surface area contributed by atoms with Crippen molar-refractivity contribution < 1.29 is 8.96 Å². The molecule has 2 aliphatic rings. The average Bonchev–Trinajstić information content (AvgIpc) is 2.70. The summed E-state index contributed by atoms with van der Waals surface area (Å²) in [6.45, 7) is 15.9. The van der Waals surface area contributed by atoms with Crippen molar-refractivity contribution in [3.8, 4) is 11.3 Å². The molecule has 0 amide bonds. The first-order chi connectivity index (χ1) is 13.6. The number of hydrogen-bond donors (Lipinski definition) is 0. The first kappa shape index (κ1) is 18.8. The third kappa shape index (κ3) is 1.89. The summed E-state index contributed by atoms with van der Waals surface area (Å²) in [4.78, 5) is 0. The number of rotatable bonds is 2. The molecule has 0 N–H and O–H groups in total. The quantitative estimate of drug-likeness (QED) is 0.431. The second-order valence-corrected chi connectivity index (χ2v) is 10.0. The molecule has 0 fully saturated rings. The smallest absolute Gasteiger partial charge is 0.207 e. The summed E-state index contributed by atoms with van der Waals surface area (Å²) >= 11 is 0. The van der Waals surface area contributed by atoms with Gasteiger partial charge in [0.2, 0.25) is 5.69 Å². The van der Waals surface area contributed by atoms with E-state index >= 15 is 4.39 Å². The third-order valence-corrected chi connectivity index (χ3v) is 8.73. The predicted molar refractivity (Wildman–Crippen MR) is 118 cm³/mol. The van der Waals surface area contributed by atoms with Gasteiger partial charge < -0.3 is 0 Å². The number of nitrogens with zero attached hydrogens (tertiary/aromatic N) is 1. The number of aromatic nitrogens is 1. The Balaban J connectivity index is 2.13. The number of aryl methyl sites for hydroxylation is 1. The topological polar surface area (TPSA) is 3.88 Å². The van der Waals surface area contributed by atoms with Crippen LogP contribution in [0.15, 0.2) is 36.5 Å². The van der Waals surface area contributed by atoms with Crippen LogP contribution < -0.4 is 4.57 Å². The van der Waals surface area contributed by atoms with Gasteiger partial charge in [-0.25, -0.2) is 4.39 Å². The van der Waals surface area contributed by atoms with Gasteiger partial charge in [0.1, 0.15) is 5.82 Å². The zero-order valence-corrected chi connectivity index (χ0v) is 18.7. The monoisotopic (exact) mass is 388 g/mol. The molecule has 0 saturated heterocycles. The molecule has 0 bridgehead atoms. The molecule has 5 rings (SSSR count). The summed E-state index contributed by atoms with van der Waals surface area (Å²) < 4.78 is 18.0. The summed E-state index contributed by atoms with van der Waals surface area (Å²) in [5, 5.41) is 2.61. The van der Waals surface area contributed by atoms with Gasteiger partial charge in [-0.3, -0.25) is 0 Å². The zero-order chi connectivity index (χ0) is 20.9. The van der Waals surface area contributed by atoms with Crippen LogP contribution in [0.2, 0.25) is 0 Å². The van der Waals surface area contributed by atoms with Gasteiger partial charge in [0.25, 0.3) is 0 Å². The van der Waals surface area contributed by atoms with Crippen LogP contribution in [-0.4, -0.2) is 0 Å². The van der Waals surface area contributed by atoms with Gasteiger partial charge in [-0.1, -0.05) is 45.9 Å². The lowest BCUT2D eigenvalue weighted by Gasteiger charge is -2.49. The molecule has 1 aliphatic carbocycles. The Labute approximate surface area is 173 Å². The molecule has 0 radical (unpaired) electrons. The molecular weight excluding hydrogens is 357 g/mol. The van der Waals surface area contributed by atoms with Gasteiger partial charge in [0.05, 0.1) is 16.4 Å². The largest absolute Gasteiger partial charge is 0.221 e. The molecule has 2 unspecified atom stereocenters. The molecule has 2 heterocycles. The molecule has 1 aliphatic heterocycles. The highest BCUT2D eigenvalue weighted by molar-refractivity contribution is 6.02. The molecule has 0 spiro atoms. The van der Waals surface area contributed by atoms with Crippen LogP contribution in [0.4, 0.5) is 4.39 Å². The molecule has 150 valence electrons. The SMILES string of the molecule is CCC1(C)c2ccc(F)c3c2-c2c4c(ccc(C)c4cc[n+]2C1(C)CC)C3(C)C. The van der Waals surface area contributed by atoms with Crippen molar-refractivity contribution in [1.29, 1.82) is 0 Å². The van der Waals surface area contributed by atoms with E-state index in [0.717, 1.165) is 24.0 Å². The Morgan fingerprint density at radius 3 is 2.24 bits per heavy atom. The maximum atomic E-state index is 15.5. The lowest BCUT2D eigenvalue weighted by molar-refractivity contribution is -0.764. The average molecular weight is 389 g/mol. The molecule has 1 aromatic heterocycles. The number of pyridine rings is 1. The number of hydrogen-bond acceptors (Lipinski definition) is 0. The van der Waals surface area contributed by atoms with E-state index in [1.165, 1.54) is 33.2 Å². The van der Waals surface area contributed by atoms with Crippen molar-refractivity contribution in [3.63, 3.8) is 0 Å². The Morgan fingerprint density at radius 1 is 0.897 bits per heavy atom. The highest BCUT2D eigenvalue weighted by Gasteiger charge is 2.59. The van der Waals surface area contributed by atoms with Crippen molar-refractivity contribution in [3.05, 3.63) is 64.6 Å². The summed E-state index contributed by atoms with van der Waals surface area (Å²) in [5.74, 6) is -0.0814. The van der Waals surface area contributed by atoms with E-state index in [-0.39, 0.29) is 22.2 Å². The van der Waals surface area contributed by atoms with Crippen molar-refractivity contribution in [2.24, 2.45) is 0 Å². The first-order valence-corrected chi connectivity index (χ1v) is 11.0. The Bertz CT molecular complexity index is 1210. The number of halogens is 1. The van der Waals surface area contributed by atoms with E-state index in [1.807, 2.05) is 0 Å². The highest BCUT2D eigenvalue weighted by atomic mass is 19.1. The standard InChI is InChI=1S/C27H31FN/c1-8-26(6)19-12-13-20(28)23-22(19)24-21-17(14-15-29(24)27(26,7)9-2)16(3)10-11-18(21)25(23,4)5/h10-15H,8-9H2,1-7H3/q+1. The van der Waals surface area contributed by atoms with Gasteiger partial charge in [-0.05, 0) is 48.4 Å². The molecule has 1 nitrogen and oxygen atoms in total. The van der Waals surface area contributed by atoms with Gasteiger partial charge in [-0.15, -0.1) is 0 Å². The van der Waals surface area contributed by atoms with Crippen LogP contribution >= 0.6 is 0 Å². The molecule has 2 heteroatoms. The molecule has 2 atom stereocenters. The number of benzene rings is 2. The van der Waals surface area contributed by atoms with Crippen LogP contribution in [0.25, 0.3) is 22.0 Å². The molecule has 29 heavy (non-hydrogen) atoms. The normalized spacial score (nSPS) is 26.1. The van der Waals surface area contributed by atoms with Crippen molar-refractivity contribution in [2.75, 3.05) is 0 Å². The first-order valence-electron chi connectivity index (χ1n) is 11.0. The van der Waals surface area contributed by atoms with E-state index in [1.54, 1.807) is 6.07 Å². The fraction of sp³-hybridized carbons (Fsp3) is 0.444. The van der Waals surface area contributed by atoms with Gasteiger partial charge >= 0.3 is 0 Å². The predicted octanol–water partition coefficient (Wildman–Crippen LogP) is 6.69. The maximum Gasteiger partial charge on any atom is 0.221 e. The summed E-state index contributed by atoms with van der Waals surface area (Å²) in [6, 6.07) is 10.5. The minimum atomic E-state index is -0.373. The molecule has 0 saturated carbocycles. The Morgan fingerprint density at radius 2 is 1.59 bits per heavy atom. The van der Waals surface area contributed by atoms with Gasteiger partial charge in [0, 0.05) is 30.4 Å².